The molecule has 27 heavy (non-hydrogen) atoms. The van der Waals surface area contributed by atoms with Crippen LogP contribution in [0.15, 0.2) is 36.5 Å². The number of hydrogen-bond donors (Lipinski definition) is 1. The maximum atomic E-state index is 13.1. The highest BCUT2D eigenvalue weighted by atomic mass is 16.5. The van der Waals surface area contributed by atoms with E-state index in [-0.39, 0.29) is 18.0 Å². The van der Waals surface area contributed by atoms with E-state index in [4.69, 9.17) is 9.84 Å². The first-order chi connectivity index (χ1) is 13.0. The SMILES string of the molecule is Cn1nccc1C1CC2CCC(C1)N2C(=O)c1cccc(OCC(=O)O)c1. The van der Waals surface area contributed by atoms with Crippen LogP contribution in [0, 0.1) is 0 Å². The van der Waals surface area contributed by atoms with Crippen LogP contribution < -0.4 is 4.74 Å². The van der Waals surface area contributed by atoms with Crippen molar-refractivity contribution in [3.05, 3.63) is 47.8 Å². The van der Waals surface area contributed by atoms with E-state index in [9.17, 15) is 9.59 Å². The van der Waals surface area contributed by atoms with E-state index in [1.54, 1.807) is 24.3 Å². The van der Waals surface area contributed by atoms with Crippen LogP contribution in [0.3, 0.4) is 0 Å². The van der Waals surface area contributed by atoms with Gasteiger partial charge in [-0.2, -0.15) is 5.10 Å². The number of benzene rings is 1. The fourth-order valence-corrected chi connectivity index (χ4v) is 4.55. The maximum Gasteiger partial charge on any atom is 0.341 e. The molecule has 2 fully saturated rings. The van der Waals surface area contributed by atoms with E-state index in [1.807, 2.05) is 22.8 Å². The summed E-state index contributed by atoms with van der Waals surface area (Å²) in [5.74, 6) is -0.196. The predicted octanol–water partition coefficient (Wildman–Crippen LogP) is 2.43. The van der Waals surface area contributed by atoms with Crippen molar-refractivity contribution in [2.75, 3.05) is 6.61 Å². The van der Waals surface area contributed by atoms with Gasteiger partial charge in [-0.15, -0.1) is 0 Å². The van der Waals surface area contributed by atoms with Gasteiger partial charge in [0.15, 0.2) is 6.61 Å². The Hall–Kier alpha value is -2.83. The van der Waals surface area contributed by atoms with E-state index in [0.717, 1.165) is 25.7 Å². The zero-order valence-corrected chi connectivity index (χ0v) is 15.2. The molecule has 1 N–H and O–H groups in total. The van der Waals surface area contributed by atoms with Crippen LogP contribution in [0.1, 0.15) is 47.7 Å². The molecule has 0 spiro atoms. The second-order valence-electron chi connectivity index (χ2n) is 7.36. The number of aryl methyl sites for hydroxylation is 1. The molecule has 1 amide bonds. The van der Waals surface area contributed by atoms with E-state index < -0.39 is 12.6 Å². The van der Waals surface area contributed by atoms with E-state index in [0.29, 0.717) is 17.2 Å². The maximum absolute atomic E-state index is 13.1. The monoisotopic (exact) mass is 369 g/mol. The van der Waals surface area contributed by atoms with Gasteiger partial charge in [0.05, 0.1) is 0 Å². The first-order valence-electron chi connectivity index (χ1n) is 9.28. The standard InChI is InChI=1S/C20H23N3O4/c1-22-18(7-8-21-22)14-9-15-5-6-16(10-14)23(15)20(26)13-3-2-4-17(11-13)27-12-19(24)25/h2-4,7-8,11,14-16H,5-6,9-10,12H2,1H3,(H,24,25). The lowest BCUT2D eigenvalue weighted by molar-refractivity contribution is -0.139. The van der Waals surface area contributed by atoms with Gasteiger partial charge in [0.2, 0.25) is 0 Å². The minimum Gasteiger partial charge on any atom is -0.482 e. The van der Waals surface area contributed by atoms with Crippen molar-refractivity contribution in [1.29, 1.82) is 0 Å². The number of rotatable bonds is 5. The number of nitrogens with zero attached hydrogens (tertiary/aromatic N) is 3. The molecule has 1 aromatic heterocycles. The van der Waals surface area contributed by atoms with Crippen molar-refractivity contribution >= 4 is 11.9 Å². The van der Waals surface area contributed by atoms with Gasteiger partial charge in [0, 0.05) is 42.5 Å². The zero-order valence-electron chi connectivity index (χ0n) is 15.2. The summed E-state index contributed by atoms with van der Waals surface area (Å²) in [4.78, 5) is 25.9. The molecule has 0 radical (unpaired) electrons. The Kier molecular flexibility index (Phi) is 4.59. The Morgan fingerprint density at radius 3 is 2.59 bits per heavy atom. The fraction of sp³-hybridized carbons (Fsp3) is 0.450. The molecule has 0 saturated carbocycles. The molecule has 2 aromatic rings. The molecule has 2 unspecified atom stereocenters. The number of carbonyl (C=O) groups is 2. The van der Waals surface area contributed by atoms with Crippen LogP contribution >= 0.6 is 0 Å². The second-order valence-corrected chi connectivity index (χ2v) is 7.36. The second kappa shape index (κ2) is 7.06. The van der Waals surface area contributed by atoms with Gasteiger partial charge in [-0.1, -0.05) is 6.07 Å². The van der Waals surface area contributed by atoms with Gasteiger partial charge >= 0.3 is 5.97 Å². The van der Waals surface area contributed by atoms with Crippen molar-refractivity contribution in [3.8, 4) is 5.75 Å². The predicted molar refractivity (Wildman–Crippen MR) is 97.7 cm³/mol. The molecule has 2 bridgehead atoms. The number of amides is 1. The number of carboxylic acid groups (broad SMARTS) is 1. The zero-order chi connectivity index (χ0) is 19.0. The number of carbonyl (C=O) groups excluding carboxylic acids is 1. The Bertz CT molecular complexity index is 848. The van der Waals surface area contributed by atoms with Crippen LogP contribution in [0.25, 0.3) is 0 Å². The average molecular weight is 369 g/mol. The molecule has 2 aliphatic rings. The molecule has 1 aromatic carbocycles. The molecule has 2 atom stereocenters. The molecule has 2 saturated heterocycles. The third-order valence-corrected chi connectivity index (χ3v) is 5.69. The summed E-state index contributed by atoms with van der Waals surface area (Å²) in [6.07, 6.45) is 5.80. The number of aromatic nitrogens is 2. The molecule has 3 heterocycles. The van der Waals surface area contributed by atoms with Gasteiger partial charge in [-0.25, -0.2) is 4.79 Å². The van der Waals surface area contributed by atoms with Gasteiger partial charge in [0.25, 0.3) is 5.91 Å². The highest BCUT2D eigenvalue weighted by Crippen LogP contribution is 2.43. The van der Waals surface area contributed by atoms with Gasteiger partial charge in [0.1, 0.15) is 5.75 Å². The van der Waals surface area contributed by atoms with E-state index >= 15 is 0 Å². The number of carboxylic acids is 1. The highest BCUT2D eigenvalue weighted by molar-refractivity contribution is 5.95. The molecule has 142 valence electrons. The van der Waals surface area contributed by atoms with Crippen LogP contribution in [0.5, 0.6) is 5.75 Å². The smallest absolute Gasteiger partial charge is 0.341 e. The fourth-order valence-electron chi connectivity index (χ4n) is 4.55. The lowest BCUT2D eigenvalue weighted by Crippen LogP contribution is -2.46. The molecular weight excluding hydrogens is 346 g/mol. The van der Waals surface area contributed by atoms with E-state index in [2.05, 4.69) is 11.2 Å². The quantitative estimate of drug-likeness (QED) is 0.875. The number of hydrogen-bond acceptors (Lipinski definition) is 4. The Balaban J connectivity index is 1.50. The largest absolute Gasteiger partial charge is 0.482 e. The lowest BCUT2D eigenvalue weighted by Gasteiger charge is -2.39. The molecule has 0 aliphatic carbocycles. The highest BCUT2D eigenvalue weighted by Gasteiger charge is 2.44. The van der Waals surface area contributed by atoms with Crippen molar-refractivity contribution in [2.24, 2.45) is 7.05 Å². The van der Waals surface area contributed by atoms with Crippen molar-refractivity contribution in [2.45, 2.75) is 43.7 Å². The minimum atomic E-state index is -1.04. The van der Waals surface area contributed by atoms with Crippen molar-refractivity contribution < 1.29 is 19.4 Å². The lowest BCUT2D eigenvalue weighted by atomic mass is 9.87. The first kappa shape index (κ1) is 17.6. The minimum absolute atomic E-state index is 0.00623. The van der Waals surface area contributed by atoms with Crippen LogP contribution in [0.2, 0.25) is 0 Å². The van der Waals surface area contributed by atoms with Crippen LogP contribution in [-0.4, -0.2) is 50.4 Å². The number of piperidine rings is 1. The molecule has 2 aliphatic heterocycles. The summed E-state index contributed by atoms with van der Waals surface area (Å²) < 4.78 is 7.15. The van der Waals surface area contributed by atoms with Gasteiger partial charge in [-0.05, 0) is 49.9 Å². The summed E-state index contributed by atoms with van der Waals surface area (Å²) in [6, 6.07) is 9.35. The van der Waals surface area contributed by atoms with Crippen molar-refractivity contribution in [1.82, 2.24) is 14.7 Å². The summed E-state index contributed by atoms with van der Waals surface area (Å²) >= 11 is 0. The third-order valence-electron chi connectivity index (χ3n) is 5.69. The third kappa shape index (κ3) is 3.41. The summed E-state index contributed by atoms with van der Waals surface area (Å²) in [7, 11) is 1.97. The first-order valence-corrected chi connectivity index (χ1v) is 9.28. The molecule has 7 nitrogen and oxygen atoms in total. The van der Waals surface area contributed by atoms with Gasteiger partial charge < -0.3 is 14.7 Å². The molecule has 4 rings (SSSR count). The normalized spacial score (nSPS) is 24.0. The summed E-state index contributed by atoms with van der Waals surface area (Å²) in [5.41, 5.74) is 1.79. The Labute approximate surface area is 157 Å². The Morgan fingerprint density at radius 2 is 1.96 bits per heavy atom. The van der Waals surface area contributed by atoms with Gasteiger partial charge in [-0.3, -0.25) is 9.48 Å². The van der Waals surface area contributed by atoms with Crippen molar-refractivity contribution in [3.63, 3.8) is 0 Å². The summed E-state index contributed by atoms with van der Waals surface area (Å²) in [5, 5.41) is 13.0. The topological polar surface area (TPSA) is 84.7 Å². The van der Waals surface area contributed by atoms with E-state index in [1.165, 1.54) is 5.69 Å². The number of ether oxygens (including phenoxy) is 1. The Morgan fingerprint density at radius 1 is 1.22 bits per heavy atom. The number of fused-ring (bicyclic) bond motifs is 2. The molecule has 7 heteroatoms. The van der Waals surface area contributed by atoms with Crippen LogP contribution in [-0.2, 0) is 11.8 Å². The average Bonchev–Trinajstić information content (AvgIpc) is 3.20. The van der Waals surface area contributed by atoms with Crippen LogP contribution in [0.4, 0.5) is 0 Å². The molecular formula is C20H23N3O4. The number of aliphatic carboxylic acids is 1. The summed E-state index contributed by atoms with van der Waals surface area (Å²) in [6.45, 7) is -0.418.